The van der Waals surface area contributed by atoms with Crippen molar-refractivity contribution in [2.75, 3.05) is 7.11 Å². The molecule has 0 aliphatic carbocycles. The molecule has 4 nitrogen and oxygen atoms in total. The Balaban J connectivity index is 1.88. The third kappa shape index (κ3) is 4.58. The smallest absolute Gasteiger partial charge is 0.253 e. The van der Waals surface area contributed by atoms with Gasteiger partial charge in [-0.1, -0.05) is 41.4 Å². The number of methoxy groups -OCH3 is 1. The second kappa shape index (κ2) is 9.07. The SMILES string of the molecule is COc1ccc(-c2cccc(C=O)c2F)cc1CNC(=O)c1ccc(Cl)cc1Cl. The van der Waals surface area contributed by atoms with Crippen LogP contribution in [0.25, 0.3) is 11.1 Å². The van der Waals surface area contributed by atoms with E-state index in [1.807, 2.05) is 0 Å². The second-order valence-corrected chi connectivity index (χ2v) is 7.00. The highest BCUT2D eigenvalue weighted by Gasteiger charge is 2.14. The molecular formula is C22H16Cl2FNO3. The van der Waals surface area contributed by atoms with Crippen molar-refractivity contribution in [3.8, 4) is 16.9 Å². The summed E-state index contributed by atoms with van der Waals surface area (Å²) in [5.74, 6) is -0.452. The summed E-state index contributed by atoms with van der Waals surface area (Å²) in [6.07, 6.45) is 0.472. The first-order chi connectivity index (χ1) is 13.9. The number of aldehydes is 1. The molecule has 0 fully saturated rings. The lowest BCUT2D eigenvalue weighted by Crippen LogP contribution is -2.23. The Kier molecular flexibility index (Phi) is 6.52. The highest BCUT2D eigenvalue weighted by Crippen LogP contribution is 2.29. The molecule has 0 aromatic heterocycles. The summed E-state index contributed by atoms with van der Waals surface area (Å²) in [7, 11) is 1.50. The number of carbonyl (C=O) groups is 2. The average molecular weight is 432 g/mol. The molecule has 148 valence electrons. The van der Waals surface area contributed by atoms with Gasteiger partial charge in [0.2, 0.25) is 0 Å². The van der Waals surface area contributed by atoms with E-state index in [1.54, 1.807) is 36.4 Å². The van der Waals surface area contributed by atoms with Crippen molar-refractivity contribution in [1.82, 2.24) is 5.32 Å². The molecule has 0 saturated heterocycles. The van der Waals surface area contributed by atoms with E-state index in [0.717, 1.165) is 0 Å². The van der Waals surface area contributed by atoms with Crippen LogP contribution >= 0.6 is 23.2 Å². The lowest BCUT2D eigenvalue weighted by molar-refractivity contribution is 0.0950. The number of rotatable bonds is 6. The predicted octanol–water partition coefficient (Wildman–Crippen LogP) is 5.55. The topological polar surface area (TPSA) is 55.4 Å². The van der Waals surface area contributed by atoms with Gasteiger partial charge in [-0.2, -0.15) is 0 Å². The van der Waals surface area contributed by atoms with Crippen LogP contribution in [0.15, 0.2) is 54.6 Å². The van der Waals surface area contributed by atoms with Gasteiger partial charge in [-0.05, 0) is 42.0 Å². The van der Waals surface area contributed by atoms with E-state index in [-0.39, 0.29) is 34.2 Å². The number of carbonyl (C=O) groups excluding carboxylic acids is 2. The minimum absolute atomic E-state index is 0.0226. The number of hydrogen-bond acceptors (Lipinski definition) is 3. The highest BCUT2D eigenvalue weighted by molar-refractivity contribution is 6.36. The summed E-state index contributed by atoms with van der Waals surface area (Å²) in [6.45, 7) is 0.129. The second-order valence-electron chi connectivity index (χ2n) is 6.16. The van der Waals surface area contributed by atoms with Crippen molar-refractivity contribution in [3.05, 3.63) is 87.2 Å². The van der Waals surface area contributed by atoms with Gasteiger partial charge in [0.05, 0.1) is 23.3 Å². The molecule has 3 aromatic rings. The van der Waals surface area contributed by atoms with Crippen molar-refractivity contribution in [2.24, 2.45) is 0 Å². The fourth-order valence-corrected chi connectivity index (χ4v) is 3.39. The van der Waals surface area contributed by atoms with Gasteiger partial charge in [0.25, 0.3) is 5.91 Å². The average Bonchev–Trinajstić information content (AvgIpc) is 2.72. The molecule has 0 radical (unpaired) electrons. The Morgan fingerprint density at radius 1 is 1.14 bits per heavy atom. The molecular weight excluding hydrogens is 416 g/mol. The zero-order chi connectivity index (χ0) is 21.0. The summed E-state index contributed by atoms with van der Waals surface area (Å²) in [5.41, 5.74) is 1.74. The van der Waals surface area contributed by atoms with Crippen LogP contribution in [0.3, 0.4) is 0 Å². The fraction of sp³-hybridized carbons (Fsp3) is 0.0909. The van der Waals surface area contributed by atoms with E-state index in [0.29, 0.717) is 28.2 Å². The van der Waals surface area contributed by atoms with E-state index >= 15 is 0 Å². The Morgan fingerprint density at radius 3 is 2.62 bits per heavy atom. The highest BCUT2D eigenvalue weighted by atomic mass is 35.5. The van der Waals surface area contributed by atoms with Crippen LogP contribution in [0.2, 0.25) is 10.0 Å². The molecule has 0 saturated carbocycles. The number of benzene rings is 3. The zero-order valence-corrected chi connectivity index (χ0v) is 16.9. The Labute approximate surface area is 177 Å². The first kappa shape index (κ1) is 20.8. The van der Waals surface area contributed by atoms with Gasteiger partial charge in [0, 0.05) is 22.7 Å². The molecule has 0 unspecified atom stereocenters. The number of ether oxygens (including phenoxy) is 1. The van der Waals surface area contributed by atoms with Crippen molar-refractivity contribution in [1.29, 1.82) is 0 Å². The molecule has 3 aromatic carbocycles. The minimum atomic E-state index is -0.601. The molecule has 29 heavy (non-hydrogen) atoms. The van der Waals surface area contributed by atoms with Gasteiger partial charge in [-0.25, -0.2) is 4.39 Å². The molecule has 0 aliphatic rings. The zero-order valence-electron chi connectivity index (χ0n) is 15.3. The van der Waals surface area contributed by atoms with Crippen molar-refractivity contribution in [3.63, 3.8) is 0 Å². The number of nitrogens with one attached hydrogen (secondary N) is 1. The summed E-state index contributed by atoms with van der Waals surface area (Å²) >= 11 is 11.9. The van der Waals surface area contributed by atoms with Crippen LogP contribution in [0.1, 0.15) is 26.3 Å². The van der Waals surface area contributed by atoms with Gasteiger partial charge in [0.15, 0.2) is 6.29 Å². The van der Waals surface area contributed by atoms with Crippen molar-refractivity contribution < 1.29 is 18.7 Å². The molecule has 0 spiro atoms. The summed E-state index contributed by atoms with van der Waals surface area (Å²) < 4.78 is 19.9. The molecule has 0 heterocycles. The Morgan fingerprint density at radius 2 is 1.93 bits per heavy atom. The van der Waals surface area contributed by atoms with E-state index in [9.17, 15) is 14.0 Å². The maximum Gasteiger partial charge on any atom is 0.253 e. The van der Waals surface area contributed by atoms with Gasteiger partial charge in [0.1, 0.15) is 11.6 Å². The maximum atomic E-state index is 14.5. The van der Waals surface area contributed by atoms with Crippen LogP contribution in [0.5, 0.6) is 5.75 Å². The summed E-state index contributed by atoms with van der Waals surface area (Å²) in [5, 5.41) is 3.44. The quantitative estimate of drug-likeness (QED) is 0.520. The molecule has 1 amide bonds. The Hall–Kier alpha value is -2.89. The van der Waals surface area contributed by atoms with E-state index in [1.165, 1.54) is 25.3 Å². The van der Waals surface area contributed by atoms with Gasteiger partial charge >= 0.3 is 0 Å². The minimum Gasteiger partial charge on any atom is -0.496 e. The molecule has 3 rings (SSSR count). The van der Waals surface area contributed by atoms with Crippen LogP contribution < -0.4 is 10.1 Å². The summed E-state index contributed by atoms with van der Waals surface area (Å²) in [4.78, 5) is 23.5. The van der Waals surface area contributed by atoms with Gasteiger partial charge in [-0.3, -0.25) is 9.59 Å². The molecule has 0 atom stereocenters. The third-order valence-corrected chi connectivity index (χ3v) is 4.91. The first-order valence-corrected chi connectivity index (χ1v) is 9.34. The number of hydrogen-bond donors (Lipinski definition) is 1. The summed E-state index contributed by atoms with van der Waals surface area (Å²) in [6, 6.07) is 14.3. The van der Waals surface area contributed by atoms with Gasteiger partial charge < -0.3 is 10.1 Å². The largest absolute Gasteiger partial charge is 0.496 e. The molecule has 1 N–H and O–H groups in total. The van der Waals surface area contributed by atoms with Crippen molar-refractivity contribution >= 4 is 35.4 Å². The van der Waals surface area contributed by atoms with E-state index in [4.69, 9.17) is 27.9 Å². The third-order valence-electron chi connectivity index (χ3n) is 4.36. The molecule has 0 bridgehead atoms. The standard InChI is InChI=1S/C22H16Cl2FNO3/c1-29-20-8-5-13(17-4-2-3-14(12-27)21(17)25)9-15(20)11-26-22(28)18-7-6-16(23)10-19(18)24/h2-10,12H,11H2,1H3,(H,26,28). The number of halogens is 3. The van der Waals surface area contributed by atoms with Crippen LogP contribution in [-0.4, -0.2) is 19.3 Å². The van der Waals surface area contributed by atoms with Crippen molar-refractivity contribution in [2.45, 2.75) is 6.54 Å². The Bertz CT molecular complexity index is 1090. The van der Waals surface area contributed by atoms with Crippen LogP contribution in [0.4, 0.5) is 4.39 Å². The lowest BCUT2D eigenvalue weighted by atomic mass is 9.99. The fourth-order valence-electron chi connectivity index (χ4n) is 2.89. The van der Waals surface area contributed by atoms with Crippen LogP contribution in [-0.2, 0) is 6.54 Å². The van der Waals surface area contributed by atoms with E-state index < -0.39 is 5.82 Å². The predicted molar refractivity (Wildman–Crippen MR) is 111 cm³/mol. The normalized spacial score (nSPS) is 10.5. The lowest BCUT2D eigenvalue weighted by Gasteiger charge is -2.13. The molecule has 7 heteroatoms. The van der Waals surface area contributed by atoms with Gasteiger partial charge in [-0.15, -0.1) is 0 Å². The number of amides is 1. The first-order valence-electron chi connectivity index (χ1n) is 8.59. The monoisotopic (exact) mass is 431 g/mol. The molecule has 0 aliphatic heterocycles. The maximum absolute atomic E-state index is 14.5. The van der Waals surface area contributed by atoms with Crippen LogP contribution in [0, 0.1) is 5.82 Å². The van der Waals surface area contributed by atoms with E-state index in [2.05, 4.69) is 5.32 Å².